The van der Waals surface area contributed by atoms with Crippen LogP contribution < -0.4 is 15.5 Å². The van der Waals surface area contributed by atoms with Gasteiger partial charge in [-0.05, 0) is 38.0 Å². The van der Waals surface area contributed by atoms with E-state index in [0.717, 1.165) is 37.1 Å². The quantitative estimate of drug-likeness (QED) is 0.317. The van der Waals surface area contributed by atoms with Crippen LogP contribution >= 0.6 is 0 Å². The van der Waals surface area contributed by atoms with Crippen LogP contribution in [0.2, 0.25) is 0 Å². The zero-order valence-corrected chi connectivity index (χ0v) is 19.0. The van der Waals surface area contributed by atoms with Gasteiger partial charge in [-0.25, -0.2) is 4.99 Å². The minimum absolute atomic E-state index is 0.570. The van der Waals surface area contributed by atoms with Gasteiger partial charge in [-0.1, -0.05) is 48.0 Å². The molecule has 0 unspecified atom stereocenters. The van der Waals surface area contributed by atoms with Crippen molar-refractivity contribution in [3.8, 4) is 0 Å². The second kappa shape index (κ2) is 11.2. The smallest absolute Gasteiger partial charge is 0.191 e. The van der Waals surface area contributed by atoms with Crippen molar-refractivity contribution >= 4 is 11.6 Å². The number of nitrogens with zero attached hydrogens (tertiary/aromatic N) is 5. The Morgan fingerprint density at radius 1 is 1.03 bits per heavy atom. The molecule has 3 rings (SSSR count). The molecule has 0 saturated heterocycles. The van der Waals surface area contributed by atoms with E-state index in [0.29, 0.717) is 13.1 Å². The van der Waals surface area contributed by atoms with Gasteiger partial charge in [-0.2, -0.15) is 0 Å². The van der Waals surface area contributed by atoms with E-state index in [1.54, 1.807) is 0 Å². The highest BCUT2D eigenvalue weighted by molar-refractivity contribution is 5.79. The maximum Gasteiger partial charge on any atom is 0.191 e. The number of hydrogen-bond acceptors (Lipinski definition) is 4. The first-order chi connectivity index (χ1) is 15.0. The summed E-state index contributed by atoms with van der Waals surface area (Å²) in [7, 11) is 4.10. The van der Waals surface area contributed by atoms with Crippen LogP contribution in [-0.4, -0.2) is 40.9 Å². The Balaban J connectivity index is 1.56. The molecule has 0 fully saturated rings. The fourth-order valence-corrected chi connectivity index (χ4v) is 3.26. The summed E-state index contributed by atoms with van der Waals surface area (Å²) in [6.45, 7) is 7.04. The number of aryl methyl sites for hydroxylation is 2. The Labute approximate surface area is 185 Å². The fourth-order valence-electron chi connectivity index (χ4n) is 3.26. The molecule has 0 aliphatic rings. The molecule has 7 nitrogen and oxygen atoms in total. The zero-order chi connectivity index (χ0) is 22.1. The van der Waals surface area contributed by atoms with Crippen molar-refractivity contribution in [2.24, 2.45) is 12.0 Å². The Bertz CT molecular complexity index is 979. The van der Waals surface area contributed by atoms with Crippen molar-refractivity contribution in [2.45, 2.75) is 33.4 Å². The molecule has 2 aromatic carbocycles. The molecule has 0 spiro atoms. The molecule has 3 aromatic rings. The predicted molar refractivity (Wildman–Crippen MR) is 127 cm³/mol. The van der Waals surface area contributed by atoms with E-state index in [1.807, 2.05) is 24.6 Å². The lowest BCUT2D eigenvalue weighted by atomic mass is 10.1. The van der Waals surface area contributed by atoms with Gasteiger partial charge in [0.05, 0.1) is 13.1 Å². The lowest BCUT2D eigenvalue weighted by Gasteiger charge is -2.19. The normalized spacial score (nSPS) is 11.4. The highest BCUT2D eigenvalue weighted by Crippen LogP contribution is 2.10. The molecular weight excluding hydrogens is 386 g/mol. The average molecular weight is 420 g/mol. The molecule has 0 amide bonds. The van der Waals surface area contributed by atoms with E-state index in [2.05, 4.69) is 88.2 Å². The van der Waals surface area contributed by atoms with E-state index in [4.69, 9.17) is 4.99 Å². The largest absolute Gasteiger partial charge is 0.375 e. The highest BCUT2D eigenvalue weighted by atomic mass is 15.3. The Morgan fingerprint density at radius 2 is 1.84 bits per heavy atom. The van der Waals surface area contributed by atoms with Crippen LogP contribution in [0.25, 0.3) is 0 Å². The third kappa shape index (κ3) is 6.84. The van der Waals surface area contributed by atoms with Crippen LogP contribution in [-0.2, 0) is 20.1 Å². The molecule has 2 N–H and O–H groups in total. The van der Waals surface area contributed by atoms with Gasteiger partial charge in [0.25, 0.3) is 0 Å². The molecule has 1 aromatic heterocycles. The lowest BCUT2D eigenvalue weighted by molar-refractivity contribution is 0.697. The molecule has 7 heteroatoms. The van der Waals surface area contributed by atoms with Crippen molar-refractivity contribution in [3.63, 3.8) is 0 Å². The van der Waals surface area contributed by atoms with Gasteiger partial charge in [0.15, 0.2) is 11.8 Å². The van der Waals surface area contributed by atoms with Crippen LogP contribution in [0.15, 0.2) is 59.6 Å². The monoisotopic (exact) mass is 419 g/mol. The van der Waals surface area contributed by atoms with Gasteiger partial charge in [-0.3, -0.25) is 0 Å². The second-order valence-electron chi connectivity index (χ2n) is 7.77. The third-order valence-electron chi connectivity index (χ3n) is 5.26. The van der Waals surface area contributed by atoms with Crippen LogP contribution in [0.1, 0.15) is 29.2 Å². The topological polar surface area (TPSA) is 70.4 Å². The molecule has 1 heterocycles. The van der Waals surface area contributed by atoms with Crippen LogP contribution in [0, 0.1) is 13.8 Å². The minimum atomic E-state index is 0.570. The summed E-state index contributed by atoms with van der Waals surface area (Å²) in [4.78, 5) is 7.05. The molecule has 0 radical (unpaired) electrons. The van der Waals surface area contributed by atoms with Crippen molar-refractivity contribution in [1.82, 2.24) is 25.4 Å². The number of para-hydroxylation sites is 1. The van der Waals surface area contributed by atoms with Crippen LogP contribution in [0.3, 0.4) is 0 Å². The number of aliphatic imine (C=N–C) groups is 1. The molecule has 0 saturated carbocycles. The maximum absolute atomic E-state index is 4.78. The summed E-state index contributed by atoms with van der Waals surface area (Å²) in [6, 6.07) is 18.9. The Morgan fingerprint density at radius 3 is 2.55 bits per heavy atom. The molecule has 0 bridgehead atoms. The van der Waals surface area contributed by atoms with Crippen molar-refractivity contribution < 1.29 is 0 Å². The summed E-state index contributed by atoms with van der Waals surface area (Å²) < 4.78 is 1.99. The van der Waals surface area contributed by atoms with E-state index in [1.165, 1.54) is 16.8 Å². The molecule has 0 atom stereocenters. The van der Waals surface area contributed by atoms with Crippen LogP contribution in [0.4, 0.5) is 5.69 Å². The number of aromatic nitrogens is 3. The molecule has 0 aliphatic carbocycles. The van der Waals surface area contributed by atoms with E-state index >= 15 is 0 Å². The third-order valence-corrected chi connectivity index (χ3v) is 5.26. The number of benzene rings is 2. The minimum Gasteiger partial charge on any atom is -0.375 e. The van der Waals surface area contributed by atoms with Crippen LogP contribution in [0.5, 0.6) is 0 Å². The van der Waals surface area contributed by atoms with Crippen molar-refractivity contribution in [3.05, 3.63) is 77.4 Å². The summed E-state index contributed by atoms with van der Waals surface area (Å²) in [6.07, 6.45) is 1.000. The standard InChI is InChI=1S/C24H33N7/c1-19-10-8-11-21(16-19)17-26-24(27-18-23-29-28-20(2)31(23)4)25-14-9-15-30(3)22-12-6-5-7-13-22/h5-8,10-13,16H,9,14-15,17-18H2,1-4H3,(H2,25,26,27). The zero-order valence-electron chi connectivity index (χ0n) is 19.0. The van der Waals surface area contributed by atoms with E-state index in [-0.39, 0.29) is 0 Å². The highest BCUT2D eigenvalue weighted by Gasteiger charge is 2.07. The van der Waals surface area contributed by atoms with Gasteiger partial charge in [0, 0.05) is 32.9 Å². The Kier molecular flexibility index (Phi) is 8.04. The lowest BCUT2D eigenvalue weighted by Crippen LogP contribution is -2.39. The number of anilines is 1. The number of guanidine groups is 1. The van der Waals surface area contributed by atoms with Gasteiger partial charge in [0.2, 0.25) is 0 Å². The van der Waals surface area contributed by atoms with Gasteiger partial charge >= 0.3 is 0 Å². The summed E-state index contributed by atoms with van der Waals surface area (Å²) in [5, 5.41) is 15.2. The first-order valence-corrected chi connectivity index (χ1v) is 10.7. The van der Waals surface area contributed by atoms with Crippen molar-refractivity contribution in [1.29, 1.82) is 0 Å². The average Bonchev–Trinajstić information content (AvgIpc) is 3.10. The number of nitrogens with one attached hydrogen (secondary N) is 2. The first kappa shape index (κ1) is 22.3. The predicted octanol–water partition coefficient (Wildman–Crippen LogP) is 3.19. The number of rotatable bonds is 9. The second-order valence-corrected chi connectivity index (χ2v) is 7.77. The maximum atomic E-state index is 4.78. The molecule has 164 valence electrons. The first-order valence-electron chi connectivity index (χ1n) is 10.7. The van der Waals surface area contributed by atoms with Gasteiger partial charge in [-0.15, -0.1) is 10.2 Å². The van der Waals surface area contributed by atoms with Crippen molar-refractivity contribution in [2.75, 3.05) is 25.0 Å². The number of hydrogen-bond donors (Lipinski definition) is 2. The fraction of sp³-hybridized carbons (Fsp3) is 0.375. The SMILES string of the molecule is Cc1cccc(CN=C(NCCCN(C)c2ccccc2)NCc2nnc(C)n2C)c1. The van der Waals surface area contributed by atoms with Gasteiger partial charge in [0.1, 0.15) is 5.82 Å². The van der Waals surface area contributed by atoms with E-state index < -0.39 is 0 Å². The molecular formula is C24H33N7. The summed E-state index contributed by atoms with van der Waals surface area (Å²) in [5.41, 5.74) is 3.67. The molecule has 0 aliphatic heterocycles. The van der Waals surface area contributed by atoms with E-state index in [9.17, 15) is 0 Å². The Hall–Kier alpha value is -3.35. The molecule has 31 heavy (non-hydrogen) atoms. The summed E-state index contributed by atoms with van der Waals surface area (Å²) >= 11 is 0. The summed E-state index contributed by atoms with van der Waals surface area (Å²) in [5.74, 6) is 2.56. The van der Waals surface area contributed by atoms with Gasteiger partial charge < -0.3 is 20.1 Å².